The van der Waals surface area contributed by atoms with Gasteiger partial charge >= 0.3 is 0 Å². The van der Waals surface area contributed by atoms with Crippen molar-refractivity contribution in [2.75, 3.05) is 19.7 Å². The summed E-state index contributed by atoms with van der Waals surface area (Å²) in [4.78, 5) is 13.1. The lowest BCUT2D eigenvalue weighted by molar-refractivity contribution is -0.921. The Balaban J connectivity index is 1.90. The third-order valence-corrected chi connectivity index (χ3v) is 3.82. The molecule has 5 nitrogen and oxygen atoms in total. The molecule has 1 amide bonds. The summed E-state index contributed by atoms with van der Waals surface area (Å²) in [5.74, 6) is 6.15. The number of hydrogen-bond acceptors (Lipinski definition) is 3. The van der Waals surface area contributed by atoms with Gasteiger partial charge in [0.1, 0.15) is 12.3 Å². The van der Waals surface area contributed by atoms with Gasteiger partial charge in [-0.25, -0.2) is 5.84 Å². The van der Waals surface area contributed by atoms with Gasteiger partial charge in [-0.2, -0.15) is 0 Å². The molecule has 0 saturated carbocycles. The van der Waals surface area contributed by atoms with E-state index in [-0.39, 0.29) is 11.8 Å². The third-order valence-electron chi connectivity index (χ3n) is 3.82. The summed E-state index contributed by atoms with van der Waals surface area (Å²) in [6, 6.07) is 8.22. The van der Waals surface area contributed by atoms with Crippen molar-refractivity contribution in [3.8, 4) is 5.75 Å². The molecule has 20 heavy (non-hydrogen) atoms. The number of rotatable bonds is 5. The first-order chi connectivity index (χ1) is 9.72. The van der Waals surface area contributed by atoms with E-state index in [1.165, 1.54) is 10.5 Å². The first-order valence-electron chi connectivity index (χ1n) is 7.28. The highest BCUT2D eigenvalue weighted by Crippen LogP contribution is 2.12. The van der Waals surface area contributed by atoms with E-state index >= 15 is 0 Å². The summed E-state index contributed by atoms with van der Waals surface area (Å²) in [5, 5.41) is 0. The average Bonchev–Trinajstić information content (AvgIpc) is 2.49. The maximum Gasteiger partial charge on any atom is 0.242 e. The zero-order valence-electron chi connectivity index (χ0n) is 12.0. The number of nitrogens with one attached hydrogen (secondary N) is 2. The third kappa shape index (κ3) is 3.95. The standard InChI is InChI=1S/C15H23N3O2/c1-2-20-14-7-5-12(6-8-14)10-18-9-3-4-13(11-18)15(19)17-16/h5-8,13H,2-4,9-11,16H2,1H3,(H,17,19)/p+1/t13-/m0/s1. The molecule has 0 spiro atoms. The van der Waals surface area contributed by atoms with Crippen LogP contribution in [0.15, 0.2) is 24.3 Å². The molecule has 1 heterocycles. The molecule has 110 valence electrons. The van der Waals surface area contributed by atoms with Crippen LogP contribution >= 0.6 is 0 Å². The van der Waals surface area contributed by atoms with Crippen molar-refractivity contribution in [1.29, 1.82) is 0 Å². The van der Waals surface area contributed by atoms with Gasteiger partial charge in [-0.3, -0.25) is 10.2 Å². The number of quaternary nitrogens is 1. The molecule has 1 fully saturated rings. The Bertz CT molecular complexity index is 433. The van der Waals surface area contributed by atoms with Crippen LogP contribution in [0.2, 0.25) is 0 Å². The number of carbonyl (C=O) groups excluding carboxylic acids is 1. The topological polar surface area (TPSA) is 68.8 Å². The van der Waals surface area contributed by atoms with Crippen LogP contribution in [0.3, 0.4) is 0 Å². The molecule has 1 saturated heterocycles. The minimum absolute atomic E-state index is 0.0334. The predicted octanol–water partition coefficient (Wildman–Crippen LogP) is -0.130. The van der Waals surface area contributed by atoms with Crippen LogP contribution in [0.5, 0.6) is 5.75 Å². The molecule has 0 aromatic heterocycles. The van der Waals surface area contributed by atoms with Crippen LogP contribution in [-0.4, -0.2) is 25.6 Å². The molecular formula is C15H24N3O2+. The zero-order valence-corrected chi connectivity index (χ0v) is 12.0. The van der Waals surface area contributed by atoms with Crippen LogP contribution in [0.1, 0.15) is 25.3 Å². The van der Waals surface area contributed by atoms with E-state index in [9.17, 15) is 4.79 Å². The summed E-state index contributed by atoms with van der Waals surface area (Å²) >= 11 is 0. The van der Waals surface area contributed by atoms with E-state index in [0.717, 1.165) is 38.2 Å². The van der Waals surface area contributed by atoms with Crippen LogP contribution in [0.4, 0.5) is 0 Å². The van der Waals surface area contributed by atoms with Crippen molar-refractivity contribution in [3.63, 3.8) is 0 Å². The molecule has 1 aromatic rings. The van der Waals surface area contributed by atoms with E-state index in [1.807, 2.05) is 19.1 Å². The van der Waals surface area contributed by atoms with Gasteiger partial charge in [-0.05, 0) is 44.0 Å². The quantitative estimate of drug-likeness (QED) is 0.399. The van der Waals surface area contributed by atoms with Crippen molar-refractivity contribution in [1.82, 2.24) is 5.43 Å². The van der Waals surface area contributed by atoms with Crippen molar-refractivity contribution in [2.24, 2.45) is 11.8 Å². The van der Waals surface area contributed by atoms with E-state index in [2.05, 4.69) is 17.6 Å². The summed E-state index contributed by atoms with van der Waals surface area (Å²) in [6.07, 6.45) is 2.01. The number of hydrazine groups is 1. The molecule has 1 aromatic carbocycles. The molecule has 2 atom stereocenters. The lowest BCUT2D eigenvalue weighted by Crippen LogP contribution is -3.12. The molecule has 0 aliphatic carbocycles. The van der Waals surface area contributed by atoms with Crippen molar-refractivity contribution >= 4 is 5.91 Å². The molecule has 2 rings (SSSR count). The summed E-state index contributed by atoms with van der Waals surface area (Å²) < 4.78 is 5.44. The van der Waals surface area contributed by atoms with Crippen LogP contribution in [0, 0.1) is 5.92 Å². The first kappa shape index (κ1) is 14.8. The molecule has 1 unspecified atom stereocenters. The number of ether oxygens (including phenoxy) is 1. The Morgan fingerprint density at radius 1 is 1.45 bits per heavy atom. The second-order valence-corrected chi connectivity index (χ2v) is 5.31. The molecule has 1 aliphatic heterocycles. The highest BCUT2D eigenvalue weighted by molar-refractivity contribution is 5.78. The molecule has 0 radical (unpaired) electrons. The Kier molecular flexibility index (Phi) is 5.38. The number of piperidine rings is 1. The number of likely N-dealkylation sites (tertiary alicyclic amines) is 1. The second kappa shape index (κ2) is 7.26. The lowest BCUT2D eigenvalue weighted by Gasteiger charge is -2.28. The highest BCUT2D eigenvalue weighted by Gasteiger charge is 2.28. The normalized spacial score (nSPS) is 22.3. The smallest absolute Gasteiger partial charge is 0.242 e. The summed E-state index contributed by atoms with van der Waals surface area (Å²) in [6.45, 7) is 5.58. The van der Waals surface area contributed by atoms with Gasteiger partial charge in [-0.15, -0.1) is 0 Å². The minimum Gasteiger partial charge on any atom is -0.494 e. The number of hydrogen-bond donors (Lipinski definition) is 3. The molecule has 4 N–H and O–H groups in total. The average molecular weight is 278 g/mol. The summed E-state index contributed by atoms with van der Waals surface area (Å²) in [5.41, 5.74) is 3.55. The van der Waals surface area contributed by atoms with Gasteiger partial charge in [0.25, 0.3) is 0 Å². The number of benzene rings is 1. The Morgan fingerprint density at radius 3 is 2.85 bits per heavy atom. The van der Waals surface area contributed by atoms with E-state index in [1.54, 1.807) is 0 Å². The summed E-state index contributed by atoms with van der Waals surface area (Å²) in [7, 11) is 0. The Labute approximate surface area is 120 Å². The van der Waals surface area contributed by atoms with E-state index in [4.69, 9.17) is 10.6 Å². The molecular weight excluding hydrogens is 254 g/mol. The van der Waals surface area contributed by atoms with Crippen molar-refractivity contribution in [2.45, 2.75) is 26.3 Å². The second-order valence-electron chi connectivity index (χ2n) is 5.31. The molecule has 5 heteroatoms. The maximum atomic E-state index is 11.6. The van der Waals surface area contributed by atoms with Gasteiger partial charge in [0, 0.05) is 5.56 Å². The van der Waals surface area contributed by atoms with Crippen molar-refractivity contribution in [3.05, 3.63) is 29.8 Å². The fourth-order valence-corrected chi connectivity index (χ4v) is 2.81. The monoisotopic (exact) mass is 278 g/mol. The highest BCUT2D eigenvalue weighted by atomic mass is 16.5. The van der Waals surface area contributed by atoms with Gasteiger partial charge in [0.2, 0.25) is 5.91 Å². The van der Waals surface area contributed by atoms with Crippen LogP contribution in [0.25, 0.3) is 0 Å². The van der Waals surface area contributed by atoms with Crippen LogP contribution in [-0.2, 0) is 11.3 Å². The Hall–Kier alpha value is -1.59. The van der Waals surface area contributed by atoms with E-state index in [0.29, 0.717) is 6.61 Å². The van der Waals surface area contributed by atoms with Gasteiger partial charge in [0.15, 0.2) is 0 Å². The minimum atomic E-state index is -0.0334. The lowest BCUT2D eigenvalue weighted by atomic mass is 9.97. The van der Waals surface area contributed by atoms with Gasteiger partial charge < -0.3 is 9.64 Å². The largest absolute Gasteiger partial charge is 0.494 e. The number of nitrogens with two attached hydrogens (primary N) is 1. The van der Waals surface area contributed by atoms with E-state index < -0.39 is 0 Å². The maximum absolute atomic E-state index is 11.6. The first-order valence-corrected chi connectivity index (χ1v) is 7.28. The molecule has 0 bridgehead atoms. The zero-order chi connectivity index (χ0) is 14.4. The van der Waals surface area contributed by atoms with Gasteiger partial charge in [0.05, 0.1) is 25.6 Å². The fraction of sp³-hybridized carbons (Fsp3) is 0.533. The van der Waals surface area contributed by atoms with Crippen LogP contribution < -0.4 is 20.9 Å². The SMILES string of the molecule is CCOc1ccc(C[NH+]2CCC[C@H](C(=O)NN)C2)cc1. The number of carbonyl (C=O) groups is 1. The van der Waals surface area contributed by atoms with Gasteiger partial charge in [-0.1, -0.05) is 0 Å². The number of amides is 1. The fourth-order valence-electron chi connectivity index (χ4n) is 2.81. The molecule has 1 aliphatic rings. The Morgan fingerprint density at radius 2 is 2.20 bits per heavy atom. The van der Waals surface area contributed by atoms with Crippen molar-refractivity contribution < 1.29 is 14.4 Å². The predicted molar refractivity (Wildman–Crippen MR) is 77.1 cm³/mol.